The van der Waals surface area contributed by atoms with Gasteiger partial charge in [-0.2, -0.15) is 0 Å². The molecule has 64 valence electrons. The molecule has 1 amide bonds. The van der Waals surface area contributed by atoms with E-state index < -0.39 is 5.91 Å². The SMILES string of the molecule is Cc1cc(NN)ccc1C(N)=O. The summed E-state index contributed by atoms with van der Waals surface area (Å²) in [5, 5.41) is 0. The van der Waals surface area contributed by atoms with E-state index in [0.29, 0.717) is 5.56 Å². The number of nitrogen functional groups attached to an aromatic ring is 1. The fraction of sp³-hybridized carbons (Fsp3) is 0.125. The lowest BCUT2D eigenvalue weighted by Crippen LogP contribution is -2.13. The number of primary amides is 1. The lowest BCUT2D eigenvalue weighted by Gasteiger charge is -2.04. The topological polar surface area (TPSA) is 81.1 Å². The van der Waals surface area contributed by atoms with E-state index in [9.17, 15) is 4.79 Å². The second-order valence-corrected chi connectivity index (χ2v) is 2.54. The maximum absolute atomic E-state index is 10.8. The predicted molar refractivity (Wildman–Crippen MR) is 47.5 cm³/mol. The minimum absolute atomic E-state index is 0.420. The van der Waals surface area contributed by atoms with Crippen LogP contribution in [0.25, 0.3) is 0 Å². The number of nitrogens with one attached hydrogen (secondary N) is 1. The second-order valence-electron chi connectivity index (χ2n) is 2.54. The number of hydrogen-bond donors (Lipinski definition) is 3. The van der Waals surface area contributed by atoms with Gasteiger partial charge in [-0.05, 0) is 30.7 Å². The molecule has 0 saturated carbocycles. The standard InChI is InChI=1S/C8H11N3O/c1-5-4-6(11-10)2-3-7(5)8(9)12/h2-4,11H,10H2,1H3,(H2,9,12). The van der Waals surface area contributed by atoms with Gasteiger partial charge in [0.05, 0.1) is 0 Å². The summed E-state index contributed by atoms with van der Waals surface area (Å²) >= 11 is 0. The van der Waals surface area contributed by atoms with Gasteiger partial charge in [-0.1, -0.05) is 0 Å². The number of benzene rings is 1. The highest BCUT2D eigenvalue weighted by atomic mass is 16.1. The molecule has 0 aliphatic carbocycles. The van der Waals surface area contributed by atoms with Gasteiger partial charge in [-0.3, -0.25) is 10.6 Å². The van der Waals surface area contributed by atoms with E-state index in [4.69, 9.17) is 11.6 Å². The highest BCUT2D eigenvalue weighted by Gasteiger charge is 2.03. The molecule has 0 spiro atoms. The van der Waals surface area contributed by atoms with E-state index >= 15 is 0 Å². The van der Waals surface area contributed by atoms with Crippen LogP contribution in [0.4, 0.5) is 5.69 Å². The third-order valence-corrected chi connectivity index (χ3v) is 1.66. The Labute approximate surface area is 70.5 Å². The smallest absolute Gasteiger partial charge is 0.248 e. The van der Waals surface area contributed by atoms with Gasteiger partial charge in [0.25, 0.3) is 0 Å². The Morgan fingerprint density at radius 2 is 2.17 bits per heavy atom. The molecule has 0 unspecified atom stereocenters. The van der Waals surface area contributed by atoms with Gasteiger partial charge in [0.2, 0.25) is 5.91 Å². The van der Waals surface area contributed by atoms with Crippen LogP contribution in [0, 0.1) is 6.92 Å². The van der Waals surface area contributed by atoms with Gasteiger partial charge in [0.15, 0.2) is 0 Å². The number of anilines is 1. The Hall–Kier alpha value is -1.55. The molecule has 0 fully saturated rings. The molecule has 0 bridgehead atoms. The van der Waals surface area contributed by atoms with Gasteiger partial charge < -0.3 is 11.2 Å². The fourth-order valence-electron chi connectivity index (χ4n) is 1.03. The summed E-state index contributed by atoms with van der Waals surface area (Å²) < 4.78 is 0. The number of hydrazine groups is 1. The molecular formula is C8H11N3O. The zero-order valence-corrected chi connectivity index (χ0v) is 6.79. The van der Waals surface area contributed by atoms with Crippen LogP contribution in [0.3, 0.4) is 0 Å². The van der Waals surface area contributed by atoms with Crippen LogP contribution < -0.4 is 17.0 Å². The number of aryl methyl sites for hydroxylation is 1. The van der Waals surface area contributed by atoms with Crippen molar-refractivity contribution in [1.82, 2.24) is 0 Å². The van der Waals surface area contributed by atoms with Crippen LogP contribution in [0.2, 0.25) is 0 Å². The summed E-state index contributed by atoms with van der Waals surface area (Å²) in [4.78, 5) is 10.8. The van der Waals surface area contributed by atoms with E-state index in [-0.39, 0.29) is 0 Å². The lowest BCUT2D eigenvalue weighted by molar-refractivity contribution is 0.1000. The first-order valence-corrected chi connectivity index (χ1v) is 3.52. The van der Waals surface area contributed by atoms with Gasteiger partial charge in [0, 0.05) is 11.3 Å². The number of rotatable bonds is 2. The molecule has 1 aromatic carbocycles. The molecule has 0 aromatic heterocycles. The van der Waals surface area contributed by atoms with Crippen LogP contribution in [0.5, 0.6) is 0 Å². The normalized spacial score (nSPS) is 9.50. The minimum Gasteiger partial charge on any atom is -0.366 e. The van der Waals surface area contributed by atoms with Crippen molar-refractivity contribution in [1.29, 1.82) is 0 Å². The van der Waals surface area contributed by atoms with Crippen LogP contribution in [0.15, 0.2) is 18.2 Å². The number of nitrogens with two attached hydrogens (primary N) is 2. The van der Waals surface area contributed by atoms with Crippen molar-refractivity contribution in [2.75, 3.05) is 5.43 Å². The summed E-state index contributed by atoms with van der Waals surface area (Å²) in [6.07, 6.45) is 0. The van der Waals surface area contributed by atoms with Crippen molar-refractivity contribution in [3.05, 3.63) is 29.3 Å². The number of hydrogen-bond acceptors (Lipinski definition) is 3. The summed E-state index contributed by atoms with van der Waals surface area (Å²) in [7, 11) is 0. The Balaban J connectivity index is 3.12. The first kappa shape index (κ1) is 8.55. The summed E-state index contributed by atoms with van der Waals surface area (Å²) in [5.41, 5.74) is 9.70. The zero-order chi connectivity index (χ0) is 9.14. The van der Waals surface area contributed by atoms with Crippen molar-refractivity contribution < 1.29 is 4.79 Å². The lowest BCUT2D eigenvalue weighted by atomic mass is 10.1. The molecule has 0 aliphatic heterocycles. The molecule has 0 saturated heterocycles. The van der Waals surface area contributed by atoms with E-state index in [1.807, 2.05) is 0 Å². The number of amides is 1. The maximum atomic E-state index is 10.8. The first-order chi connectivity index (χ1) is 5.65. The van der Waals surface area contributed by atoms with Gasteiger partial charge in [-0.15, -0.1) is 0 Å². The highest BCUT2D eigenvalue weighted by molar-refractivity contribution is 5.94. The monoisotopic (exact) mass is 165 g/mol. The van der Waals surface area contributed by atoms with Crippen molar-refractivity contribution in [3.63, 3.8) is 0 Å². The van der Waals surface area contributed by atoms with E-state index in [2.05, 4.69) is 5.43 Å². The molecule has 1 rings (SSSR count). The molecule has 0 radical (unpaired) electrons. The summed E-state index contributed by atoms with van der Waals surface area (Å²) in [6.45, 7) is 1.81. The number of carbonyl (C=O) groups excluding carboxylic acids is 1. The third kappa shape index (κ3) is 1.54. The molecule has 4 heteroatoms. The molecule has 0 aliphatic rings. The predicted octanol–water partition coefficient (Wildman–Crippen LogP) is 0.380. The summed E-state index contributed by atoms with van der Waals surface area (Å²) in [6, 6.07) is 5.11. The van der Waals surface area contributed by atoms with Gasteiger partial charge in [0.1, 0.15) is 0 Å². The van der Waals surface area contributed by atoms with Crippen LogP contribution in [-0.4, -0.2) is 5.91 Å². The molecule has 5 N–H and O–H groups in total. The average Bonchev–Trinajstić information content (AvgIpc) is 2.03. The molecule has 0 heterocycles. The molecule has 0 atom stereocenters. The quantitative estimate of drug-likeness (QED) is 0.437. The van der Waals surface area contributed by atoms with Crippen molar-refractivity contribution in [3.8, 4) is 0 Å². The highest BCUT2D eigenvalue weighted by Crippen LogP contribution is 2.13. The molecular weight excluding hydrogens is 154 g/mol. The zero-order valence-electron chi connectivity index (χ0n) is 6.79. The molecule has 1 aromatic rings. The van der Waals surface area contributed by atoms with Crippen LogP contribution in [0.1, 0.15) is 15.9 Å². The Morgan fingerprint density at radius 3 is 2.58 bits per heavy atom. The molecule has 4 nitrogen and oxygen atoms in total. The first-order valence-electron chi connectivity index (χ1n) is 3.52. The van der Waals surface area contributed by atoms with Gasteiger partial charge in [-0.25, -0.2) is 0 Å². The average molecular weight is 165 g/mol. The van der Waals surface area contributed by atoms with E-state index in [1.54, 1.807) is 25.1 Å². The van der Waals surface area contributed by atoms with E-state index in [1.165, 1.54) is 0 Å². The third-order valence-electron chi connectivity index (χ3n) is 1.66. The fourth-order valence-corrected chi connectivity index (χ4v) is 1.03. The number of carbonyl (C=O) groups is 1. The van der Waals surface area contributed by atoms with Crippen molar-refractivity contribution >= 4 is 11.6 Å². The molecule has 12 heavy (non-hydrogen) atoms. The maximum Gasteiger partial charge on any atom is 0.248 e. The van der Waals surface area contributed by atoms with Gasteiger partial charge >= 0.3 is 0 Å². The van der Waals surface area contributed by atoms with Crippen molar-refractivity contribution in [2.45, 2.75) is 6.92 Å². The second kappa shape index (κ2) is 3.23. The van der Waals surface area contributed by atoms with Crippen molar-refractivity contribution in [2.24, 2.45) is 11.6 Å². The van der Waals surface area contributed by atoms with Crippen LogP contribution >= 0.6 is 0 Å². The summed E-state index contributed by atoms with van der Waals surface area (Å²) in [5.74, 6) is 4.76. The Kier molecular flexibility index (Phi) is 2.30. The van der Waals surface area contributed by atoms with Crippen LogP contribution in [-0.2, 0) is 0 Å². The minimum atomic E-state index is -0.420. The largest absolute Gasteiger partial charge is 0.366 e. The van der Waals surface area contributed by atoms with E-state index in [0.717, 1.165) is 11.3 Å². The Bertz CT molecular complexity index is 309. The Morgan fingerprint density at radius 1 is 1.50 bits per heavy atom.